The van der Waals surface area contributed by atoms with E-state index in [1.165, 1.54) is 21.9 Å². The SMILES string of the molecule is C=[n+]1ccc(=C2C=C[N-]c3c(CC(C)C)coc32)cc1-c1cc(C(C)(C)C)c2ccccc2c1. The molecule has 3 heteroatoms. The minimum Gasteiger partial charge on any atom is -0.661 e. The molecule has 34 heavy (non-hydrogen) atoms. The number of furan rings is 1. The predicted octanol–water partition coefficient (Wildman–Crippen LogP) is 7.25. The zero-order chi connectivity index (χ0) is 24.0. The van der Waals surface area contributed by atoms with Gasteiger partial charge in [0.05, 0.1) is 6.26 Å². The molecule has 0 spiro atoms. The van der Waals surface area contributed by atoms with Gasteiger partial charge in [-0.05, 0) is 57.0 Å². The number of pyridine rings is 1. The van der Waals surface area contributed by atoms with E-state index in [9.17, 15) is 0 Å². The third-order valence-corrected chi connectivity index (χ3v) is 6.47. The monoisotopic (exact) mass is 448 g/mol. The largest absolute Gasteiger partial charge is 0.661 e. The van der Waals surface area contributed by atoms with Crippen LogP contribution < -0.4 is 9.46 Å². The molecule has 4 aromatic rings. The molecule has 0 aliphatic carbocycles. The molecule has 0 saturated heterocycles. The van der Waals surface area contributed by atoms with Gasteiger partial charge < -0.3 is 9.73 Å². The number of benzene rings is 2. The van der Waals surface area contributed by atoms with Crippen molar-refractivity contribution >= 4 is 22.0 Å². The van der Waals surface area contributed by atoms with Crippen LogP contribution in [0.15, 0.2) is 77.7 Å². The van der Waals surface area contributed by atoms with Gasteiger partial charge in [0.2, 0.25) is 5.69 Å². The van der Waals surface area contributed by atoms with E-state index >= 15 is 0 Å². The van der Waals surface area contributed by atoms with Gasteiger partial charge in [0.25, 0.3) is 0 Å². The third kappa shape index (κ3) is 3.96. The van der Waals surface area contributed by atoms with Gasteiger partial charge in [0.1, 0.15) is 12.5 Å². The molecule has 0 amide bonds. The topological polar surface area (TPSA) is 33.1 Å². The second-order valence-electron chi connectivity index (χ2n) is 10.7. The number of hydrogen-bond donors (Lipinski definition) is 0. The van der Waals surface area contributed by atoms with Crippen LogP contribution in [-0.4, -0.2) is 0 Å². The molecule has 0 N–H and O–H groups in total. The summed E-state index contributed by atoms with van der Waals surface area (Å²) < 4.78 is 8.00. The van der Waals surface area contributed by atoms with E-state index in [0.29, 0.717) is 5.92 Å². The summed E-state index contributed by atoms with van der Waals surface area (Å²) in [5.74, 6) is 1.39. The lowest BCUT2D eigenvalue weighted by Gasteiger charge is -2.24. The molecule has 3 heterocycles. The van der Waals surface area contributed by atoms with E-state index in [-0.39, 0.29) is 5.41 Å². The fourth-order valence-corrected chi connectivity index (χ4v) is 4.82. The van der Waals surface area contributed by atoms with Crippen LogP contribution in [0.1, 0.15) is 51.5 Å². The van der Waals surface area contributed by atoms with Gasteiger partial charge in [-0.2, -0.15) is 10.4 Å². The fourth-order valence-electron chi connectivity index (χ4n) is 4.82. The maximum absolute atomic E-state index is 6.05. The van der Waals surface area contributed by atoms with Crippen LogP contribution in [0.4, 0.5) is 5.69 Å². The first-order chi connectivity index (χ1) is 16.2. The van der Waals surface area contributed by atoms with Crippen molar-refractivity contribution in [3.8, 4) is 11.3 Å². The maximum Gasteiger partial charge on any atom is 0.217 e. The molecule has 1 aliphatic rings. The smallest absolute Gasteiger partial charge is 0.217 e. The second kappa shape index (κ2) is 8.32. The Morgan fingerprint density at radius 3 is 2.62 bits per heavy atom. The van der Waals surface area contributed by atoms with E-state index in [4.69, 9.17) is 4.42 Å². The Hall–Kier alpha value is -3.59. The van der Waals surface area contributed by atoms with Crippen LogP contribution in [0, 0.1) is 12.6 Å². The van der Waals surface area contributed by atoms with Crippen molar-refractivity contribution in [3.05, 3.63) is 107 Å². The van der Waals surface area contributed by atoms with E-state index in [2.05, 4.69) is 95.2 Å². The summed E-state index contributed by atoms with van der Waals surface area (Å²) in [6.45, 7) is 15.5. The van der Waals surface area contributed by atoms with Crippen molar-refractivity contribution in [2.24, 2.45) is 5.92 Å². The molecule has 0 unspecified atom stereocenters. The average molecular weight is 449 g/mol. The van der Waals surface area contributed by atoms with Gasteiger partial charge in [-0.1, -0.05) is 70.6 Å². The number of aromatic nitrogens is 1. The lowest BCUT2D eigenvalue weighted by Crippen LogP contribution is -2.22. The van der Waals surface area contributed by atoms with Crippen molar-refractivity contribution < 1.29 is 8.66 Å². The molecular weight excluding hydrogens is 416 g/mol. The van der Waals surface area contributed by atoms with Gasteiger partial charge >= 0.3 is 0 Å². The van der Waals surface area contributed by atoms with E-state index in [0.717, 1.165) is 39.9 Å². The molecule has 172 valence electrons. The Kier molecular flexibility index (Phi) is 5.44. The molecule has 0 bridgehead atoms. The molecular formula is C31H32N2O. The van der Waals surface area contributed by atoms with Gasteiger partial charge in [-0.3, -0.25) is 0 Å². The number of rotatable bonds is 3. The molecule has 0 atom stereocenters. The average Bonchev–Trinajstić information content (AvgIpc) is 3.20. The van der Waals surface area contributed by atoms with Crippen molar-refractivity contribution in [3.63, 3.8) is 0 Å². The number of allylic oxidation sites excluding steroid dienone is 1. The lowest BCUT2D eigenvalue weighted by atomic mass is 9.82. The first kappa shape index (κ1) is 22.2. The normalized spacial score (nSPS) is 15.0. The van der Waals surface area contributed by atoms with Gasteiger partial charge in [0, 0.05) is 23.3 Å². The molecule has 2 aromatic heterocycles. The minimum absolute atomic E-state index is 0.0253. The number of hydrogen-bond acceptors (Lipinski definition) is 1. The molecule has 0 saturated carbocycles. The number of fused-ring (bicyclic) bond motifs is 2. The fraction of sp³-hybridized carbons (Fsp3) is 0.258. The van der Waals surface area contributed by atoms with Crippen molar-refractivity contribution in [1.29, 1.82) is 0 Å². The standard InChI is InChI=1S/C31H32N2O/c1-20(2)15-24-19-34-30-26(11-13-32-29(24)30)22-12-14-33(6)28(18-22)23-16-21-9-7-8-10-25(21)27(17-23)31(3,4)5/h7-14,16-20H,6,15H2,1-5H3. The molecule has 3 nitrogen and oxygen atoms in total. The van der Waals surface area contributed by atoms with Gasteiger partial charge in [-0.15, -0.1) is 0 Å². The first-order valence-electron chi connectivity index (χ1n) is 12.0. The molecule has 0 fully saturated rings. The summed E-state index contributed by atoms with van der Waals surface area (Å²) >= 11 is 0. The van der Waals surface area contributed by atoms with Crippen molar-refractivity contribution in [2.75, 3.05) is 0 Å². The van der Waals surface area contributed by atoms with Crippen LogP contribution in [-0.2, 0) is 11.8 Å². The summed E-state index contributed by atoms with van der Waals surface area (Å²) in [6, 6.07) is 17.5. The highest BCUT2D eigenvalue weighted by molar-refractivity contribution is 5.91. The van der Waals surface area contributed by atoms with Crippen molar-refractivity contribution in [2.45, 2.75) is 46.5 Å². The van der Waals surface area contributed by atoms with Crippen LogP contribution in [0.3, 0.4) is 0 Å². The third-order valence-electron chi connectivity index (χ3n) is 6.47. The second-order valence-corrected chi connectivity index (χ2v) is 10.7. The van der Waals surface area contributed by atoms with Gasteiger partial charge in [0.15, 0.2) is 6.20 Å². The van der Waals surface area contributed by atoms with Crippen LogP contribution in [0.25, 0.3) is 32.9 Å². The summed E-state index contributed by atoms with van der Waals surface area (Å²) in [5, 5.41) is 8.28. The Bertz CT molecular complexity index is 1530. The zero-order valence-electron chi connectivity index (χ0n) is 20.7. The van der Waals surface area contributed by atoms with Crippen molar-refractivity contribution in [1.82, 2.24) is 0 Å². The highest BCUT2D eigenvalue weighted by Crippen LogP contribution is 2.40. The maximum atomic E-state index is 6.05. The van der Waals surface area contributed by atoms with Crippen LogP contribution in [0.2, 0.25) is 0 Å². The summed E-state index contributed by atoms with van der Waals surface area (Å²) in [5.41, 5.74) is 6.76. The Morgan fingerprint density at radius 1 is 1.06 bits per heavy atom. The Balaban J connectivity index is 1.72. The molecule has 0 radical (unpaired) electrons. The summed E-state index contributed by atoms with van der Waals surface area (Å²) in [4.78, 5) is 0. The van der Waals surface area contributed by atoms with Crippen LogP contribution >= 0.6 is 0 Å². The highest BCUT2D eigenvalue weighted by Gasteiger charge is 2.21. The Morgan fingerprint density at radius 2 is 1.85 bits per heavy atom. The van der Waals surface area contributed by atoms with E-state index < -0.39 is 0 Å². The lowest BCUT2D eigenvalue weighted by molar-refractivity contribution is -0.486. The van der Waals surface area contributed by atoms with Gasteiger partial charge in [-0.25, -0.2) is 0 Å². The Labute approximate surface area is 201 Å². The quantitative estimate of drug-likeness (QED) is 0.304. The highest BCUT2D eigenvalue weighted by atomic mass is 16.3. The summed E-state index contributed by atoms with van der Waals surface area (Å²) in [7, 11) is 0. The minimum atomic E-state index is 0.0253. The van der Waals surface area contributed by atoms with E-state index in [1.807, 2.05) is 29.0 Å². The first-order valence-corrected chi connectivity index (χ1v) is 12.0. The zero-order valence-corrected chi connectivity index (χ0v) is 20.7. The number of nitrogens with zero attached hydrogens (tertiary/aromatic N) is 2. The molecule has 5 rings (SSSR count). The van der Waals surface area contributed by atoms with Crippen LogP contribution in [0.5, 0.6) is 0 Å². The summed E-state index contributed by atoms with van der Waals surface area (Å²) in [6.07, 6.45) is 8.77. The predicted molar refractivity (Wildman–Crippen MR) is 141 cm³/mol. The molecule has 2 aromatic carbocycles. The van der Waals surface area contributed by atoms with E-state index in [1.54, 1.807) is 0 Å². The molecule has 1 aliphatic heterocycles.